The Morgan fingerprint density at radius 3 is 2.64 bits per heavy atom. The Morgan fingerprint density at radius 2 is 1.86 bits per heavy atom. The number of carboxylic acid groups (broad SMARTS) is 1. The van der Waals surface area contributed by atoms with E-state index in [-0.39, 0.29) is 6.42 Å². The quantitative estimate of drug-likeness (QED) is 0.348. The maximum atomic E-state index is 10.4. The second-order valence-corrected chi connectivity index (χ2v) is 6.61. The second kappa shape index (κ2) is 12.5. The van der Waals surface area contributed by atoms with Crippen molar-refractivity contribution in [2.24, 2.45) is 11.8 Å². The van der Waals surface area contributed by atoms with Gasteiger partial charge in [-0.3, -0.25) is 4.79 Å². The minimum Gasteiger partial charge on any atom is -0.481 e. The number of carbonyl (C=O) groups is 1. The van der Waals surface area contributed by atoms with E-state index in [0.29, 0.717) is 6.42 Å². The molecule has 0 heterocycles. The fourth-order valence-corrected chi connectivity index (χ4v) is 3.39. The van der Waals surface area contributed by atoms with Crippen LogP contribution in [0.5, 0.6) is 0 Å². The van der Waals surface area contributed by atoms with Crippen LogP contribution in [0.15, 0.2) is 24.3 Å². The number of aliphatic carboxylic acids is 1. The molecule has 0 saturated heterocycles. The molecule has 1 saturated carbocycles. The lowest BCUT2D eigenvalue weighted by molar-refractivity contribution is -0.136. The van der Waals surface area contributed by atoms with Crippen molar-refractivity contribution in [3.05, 3.63) is 24.3 Å². The zero-order valence-corrected chi connectivity index (χ0v) is 14.3. The molecular formula is C20H34O2. The molecule has 0 amide bonds. The van der Waals surface area contributed by atoms with Gasteiger partial charge in [-0.2, -0.15) is 0 Å². The summed E-state index contributed by atoms with van der Waals surface area (Å²) in [6.07, 6.45) is 23.1. The van der Waals surface area contributed by atoms with Gasteiger partial charge in [0.15, 0.2) is 0 Å². The molecule has 0 unspecified atom stereocenters. The maximum Gasteiger partial charge on any atom is 0.303 e. The molecule has 126 valence electrons. The standard InChI is InChI=1S/C20H34O2/c1-2-3-4-5-6-9-13-18-15-12-16-19(18)14-10-7-8-11-17-20(21)22/h7-9,13,18-19H,2-6,10-12,14-17H2,1H3,(H,21,22)/b8-7-,13-9+/t18-,19-/m0/s1. The molecule has 2 nitrogen and oxygen atoms in total. The van der Waals surface area contributed by atoms with Gasteiger partial charge in [0, 0.05) is 6.42 Å². The highest BCUT2D eigenvalue weighted by Gasteiger charge is 2.23. The predicted octanol–water partition coefficient (Wildman–Crippen LogP) is 6.13. The summed E-state index contributed by atoms with van der Waals surface area (Å²) < 4.78 is 0. The largest absolute Gasteiger partial charge is 0.481 e. The molecule has 22 heavy (non-hydrogen) atoms. The number of carboxylic acids is 1. The molecule has 1 aliphatic carbocycles. The second-order valence-electron chi connectivity index (χ2n) is 6.61. The van der Waals surface area contributed by atoms with Gasteiger partial charge in [0.2, 0.25) is 0 Å². The summed E-state index contributed by atoms with van der Waals surface area (Å²) >= 11 is 0. The van der Waals surface area contributed by atoms with E-state index in [1.807, 2.05) is 6.08 Å². The lowest BCUT2D eigenvalue weighted by atomic mass is 9.91. The van der Waals surface area contributed by atoms with Crippen LogP contribution in [-0.2, 0) is 4.79 Å². The van der Waals surface area contributed by atoms with Crippen molar-refractivity contribution in [3.8, 4) is 0 Å². The molecular weight excluding hydrogens is 272 g/mol. The van der Waals surface area contributed by atoms with Crippen LogP contribution in [-0.4, -0.2) is 11.1 Å². The van der Waals surface area contributed by atoms with Gasteiger partial charge in [0.25, 0.3) is 0 Å². The van der Waals surface area contributed by atoms with Gasteiger partial charge >= 0.3 is 5.97 Å². The summed E-state index contributed by atoms with van der Waals surface area (Å²) in [6.45, 7) is 2.26. The van der Waals surface area contributed by atoms with Crippen molar-refractivity contribution in [1.29, 1.82) is 0 Å². The molecule has 0 aliphatic heterocycles. The van der Waals surface area contributed by atoms with Crippen molar-refractivity contribution in [3.63, 3.8) is 0 Å². The van der Waals surface area contributed by atoms with Gasteiger partial charge in [-0.1, -0.05) is 56.9 Å². The molecule has 0 bridgehead atoms. The summed E-state index contributed by atoms with van der Waals surface area (Å²) in [5, 5.41) is 8.59. The molecule has 0 aromatic rings. The van der Waals surface area contributed by atoms with Crippen molar-refractivity contribution < 1.29 is 9.90 Å². The van der Waals surface area contributed by atoms with E-state index in [4.69, 9.17) is 5.11 Å². The first-order valence-electron chi connectivity index (χ1n) is 9.27. The Bertz CT molecular complexity index is 344. The Kier molecular flexibility index (Phi) is 10.8. The molecule has 0 radical (unpaired) electrons. The average Bonchev–Trinajstić information content (AvgIpc) is 2.93. The van der Waals surface area contributed by atoms with Gasteiger partial charge in [0.05, 0.1) is 0 Å². The van der Waals surface area contributed by atoms with Crippen LogP contribution in [0, 0.1) is 11.8 Å². The Morgan fingerprint density at radius 1 is 1.05 bits per heavy atom. The van der Waals surface area contributed by atoms with Crippen molar-refractivity contribution in [1.82, 2.24) is 0 Å². The maximum absolute atomic E-state index is 10.4. The lowest BCUT2D eigenvalue weighted by Gasteiger charge is -2.15. The van der Waals surface area contributed by atoms with E-state index in [9.17, 15) is 4.79 Å². The van der Waals surface area contributed by atoms with Crippen LogP contribution in [0.2, 0.25) is 0 Å². The van der Waals surface area contributed by atoms with E-state index < -0.39 is 5.97 Å². The van der Waals surface area contributed by atoms with Gasteiger partial charge in [-0.25, -0.2) is 0 Å². The zero-order chi connectivity index (χ0) is 16.0. The predicted molar refractivity (Wildman–Crippen MR) is 94.0 cm³/mol. The van der Waals surface area contributed by atoms with Crippen LogP contribution in [0.1, 0.15) is 84.0 Å². The van der Waals surface area contributed by atoms with Crippen LogP contribution in [0.3, 0.4) is 0 Å². The van der Waals surface area contributed by atoms with E-state index in [0.717, 1.165) is 18.3 Å². The van der Waals surface area contributed by atoms with Gasteiger partial charge in [-0.15, -0.1) is 0 Å². The first-order chi connectivity index (χ1) is 10.7. The van der Waals surface area contributed by atoms with Crippen molar-refractivity contribution in [2.75, 3.05) is 0 Å². The van der Waals surface area contributed by atoms with Gasteiger partial charge < -0.3 is 5.11 Å². The van der Waals surface area contributed by atoms with Crippen LogP contribution in [0.25, 0.3) is 0 Å². The van der Waals surface area contributed by atoms with E-state index >= 15 is 0 Å². The van der Waals surface area contributed by atoms with Gasteiger partial charge in [0.1, 0.15) is 0 Å². The minimum absolute atomic E-state index is 0.253. The van der Waals surface area contributed by atoms with Gasteiger partial charge in [-0.05, 0) is 56.8 Å². The number of rotatable bonds is 12. The molecule has 1 fully saturated rings. The molecule has 1 rings (SSSR count). The van der Waals surface area contributed by atoms with Crippen LogP contribution >= 0.6 is 0 Å². The highest BCUT2D eigenvalue weighted by atomic mass is 16.4. The van der Waals surface area contributed by atoms with E-state index in [1.54, 1.807) is 0 Å². The molecule has 1 N–H and O–H groups in total. The zero-order valence-electron chi connectivity index (χ0n) is 14.3. The molecule has 2 heteroatoms. The molecule has 1 aliphatic rings. The summed E-state index contributed by atoms with van der Waals surface area (Å²) in [7, 11) is 0. The monoisotopic (exact) mass is 306 g/mol. The minimum atomic E-state index is -0.704. The molecule has 0 aromatic carbocycles. The third kappa shape index (κ3) is 9.07. The number of allylic oxidation sites excluding steroid dienone is 4. The van der Waals surface area contributed by atoms with Crippen LogP contribution < -0.4 is 0 Å². The molecule has 2 atom stereocenters. The number of unbranched alkanes of at least 4 members (excludes halogenated alkanes) is 4. The van der Waals surface area contributed by atoms with Crippen molar-refractivity contribution >= 4 is 5.97 Å². The average molecular weight is 306 g/mol. The third-order valence-electron chi connectivity index (χ3n) is 4.72. The SMILES string of the molecule is CCCCCC/C=C/[C@H]1CCC[C@@H]1CC/C=C\CCC(=O)O. The highest BCUT2D eigenvalue weighted by molar-refractivity contribution is 5.66. The smallest absolute Gasteiger partial charge is 0.303 e. The first kappa shape index (κ1) is 19.0. The molecule has 0 spiro atoms. The van der Waals surface area contributed by atoms with E-state index in [1.165, 1.54) is 57.8 Å². The van der Waals surface area contributed by atoms with Crippen molar-refractivity contribution in [2.45, 2.75) is 84.0 Å². The summed E-state index contributed by atoms with van der Waals surface area (Å²) in [4.78, 5) is 10.4. The number of hydrogen-bond donors (Lipinski definition) is 1. The number of hydrogen-bond acceptors (Lipinski definition) is 1. The van der Waals surface area contributed by atoms with Crippen LogP contribution in [0.4, 0.5) is 0 Å². The topological polar surface area (TPSA) is 37.3 Å². The summed E-state index contributed by atoms with van der Waals surface area (Å²) in [6, 6.07) is 0. The van der Waals surface area contributed by atoms with E-state index in [2.05, 4.69) is 25.2 Å². The summed E-state index contributed by atoms with van der Waals surface area (Å²) in [5.74, 6) is 0.930. The highest BCUT2D eigenvalue weighted by Crippen LogP contribution is 2.36. The lowest BCUT2D eigenvalue weighted by Crippen LogP contribution is -2.04. The Balaban J connectivity index is 2.14. The first-order valence-corrected chi connectivity index (χ1v) is 9.27. The Labute approximate surface area is 136 Å². The Hall–Kier alpha value is -1.05. The fourth-order valence-electron chi connectivity index (χ4n) is 3.39. The molecule has 0 aromatic heterocycles. The fraction of sp³-hybridized carbons (Fsp3) is 0.750. The third-order valence-corrected chi connectivity index (χ3v) is 4.72. The normalized spacial score (nSPS) is 22.0. The summed E-state index contributed by atoms with van der Waals surface area (Å²) in [5.41, 5.74) is 0.